The van der Waals surface area contributed by atoms with Crippen molar-refractivity contribution in [3.05, 3.63) is 34.6 Å². The summed E-state index contributed by atoms with van der Waals surface area (Å²) in [4.78, 5) is 11.7. The topological polar surface area (TPSA) is 49.3 Å². The Kier molecular flexibility index (Phi) is 4.38. The fourth-order valence-corrected chi connectivity index (χ4v) is 1.26. The van der Waals surface area contributed by atoms with Crippen molar-refractivity contribution < 1.29 is 31.9 Å². The number of hydrogen-bond donors (Lipinski definition) is 2. The molecule has 0 radical (unpaired) electrons. The van der Waals surface area contributed by atoms with Crippen LogP contribution in [0.25, 0.3) is 0 Å². The number of aliphatic hydroxyl groups is 1. The molecule has 0 spiro atoms. The quantitative estimate of drug-likeness (QED) is 0.511. The number of carbonyl (C=O) groups is 1. The molecule has 20 heavy (non-hydrogen) atoms. The second-order valence-electron chi connectivity index (χ2n) is 4.80. The van der Waals surface area contributed by atoms with Gasteiger partial charge in [0.2, 0.25) is 5.82 Å². The van der Waals surface area contributed by atoms with Crippen molar-refractivity contribution in [2.45, 2.75) is 32.4 Å². The van der Waals surface area contributed by atoms with Crippen LogP contribution in [0.3, 0.4) is 0 Å². The van der Waals surface area contributed by atoms with E-state index in [1.54, 1.807) is 0 Å². The summed E-state index contributed by atoms with van der Waals surface area (Å²) in [5.74, 6) is -12.7. The Hall–Kier alpha value is -1.70. The van der Waals surface area contributed by atoms with Crippen LogP contribution < -0.4 is 5.32 Å². The highest BCUT2D eigenvalue weighted by Crippen LogP contribution is 2.23. The summed E-state index contributed by atoms with van der Waals surface area (Å²) in [6, 6.07) is 0. The number of aliphatic hydroxyl groups excluding tert-OH is 1. The lowest BCUT2D eigenvalue weighted by atomic mass is 9.98. The summed E-state index contributed by atoms with van der Waals surface area (Å²) in [5, 5.41) is 11.4. The van der Waals surface area contributed by atoms with Gasteiger partial charge in [-0.2, -0.15) is 0 Å². The normalized spacial score (nSPS) is 13.2. The van der Waals surface area contributed by atoms with Crippen molar-refractivity contribution >= 4 is 5.91 Å². The van der Waals surface area contributed by atoms with Crippen molar-refractivity contribution in [1.29, 1.82) is 0 Å². The Morgan fingerprint density at radius 3 is 1.70 bits per heavy atom. The largest absolute Gasteiger partial charge is 0.391 e. The highest BCUT2D eigenvalue weighted by Gasteiger charge is 2.33. The lowest BCUT2D eigenvalue weighted by molar-refractivity contribution is 0.0700. The van der Waals surface area contributed by atoms with E-state index >= 15 is 0 Å². The highest BCUT2D eigenvalue weighted by atomic mass is 19.2. The van der Waals surface area contributed by atoms with E-state index in [1.165, 1.54) is 20.8 Å². The fourth-order valence-electron chi connectivity index (χ4n) is 1.26. The van der Waals surface area contributed by atoms with Crippen LogP contribution in [0.15, 0.2) is 0 Å². The minimum absolute atomic E-state index is 1.12. The van der Waals surface area contributed by atoms with Crippen LogP contribution in [-0.4, -0.2) is 22.7 Å². The van der Waals surface area contributed by atoms with E-state index in [0.29, 0.717) is 0 Å². The van der Waals surface area contributed by atoms with Crippen LogP contribution in [-0.2, 0) is 0 Å². The molecule has 112 valence electrons. The molecule has 0 heterocycles. The number of carbonyl (C=O) groups excluding carboxylic acids is 1. The molecule has 0 aliphatic rings. The van der Waals surface area contributed by atoms with Gasteiger partial charge in [0.25, 0.3) is 5.91 Å². The molecule has 0 aliphatic heterocycles. The molecular formula is C12H12F5NO2. The summed E-state index contributed by atoms with van der Waals surface area (Å²) in [6.45, 7) is 3.93. The van der Waals surface area contributed by atoms with Crippen LogP contribution >= 0.6 is 0 Å². The molecule has 0 aromatic heterocycles. The van der Waals surface area contributed by atoms with Gasteiger partial charge in [-0.05, 0) is 20.8 Å². The number of halogens is 5. The van der Waals surface area contributed by atoms with Gasteiger partial charge in [-0.3, -0.25) is 4.79 Å². The molecule has 0 fully saturated rings. The summed E-state index contributed by atoms with van der Waals surface area (Å²) in [6.07, 6.45) is -1.12. The molecule has 0 aliphatic carbocycles. The van der Waals surface area contributed by atoms with Gasteiger partial charge in [-0.15, -0.1) is 0 Å². The Labute approximate surface area is 111 Å². The van der Waals surface area contributed by atoms with Crippen LogP contribution in [0, 0.1) is 29.1 Å². The van der Waals surface area contributed by atoms with Crippen molar-refractivity contribution in [3.8, 4) is 0 Å². The van der Waals surface area contributed by atoms with Crippen molar-refractivity contribution in [2.75, 3.05) is 0 Å². The second-order valence-corrected chi connectivity index (χ2v) is 4.80. The van der Waals surface area contributed by atoms with Gasteiger partial charge in [0.05, 0.1) is 11.6 Å². The third-order valence-corrected chi connectivity index (χ3v) is 2.92. The highest BCUT2D eigenvalue weighted by molar-refractivity contribution is 5.95. The SMILES string of the molecule is CC(O)C(C)(C)NC(=O)c1c(F)c(F)c(F)c(F)c1F. The van der Waals surface area contributed by atoms with Gasteiger partial charge in [-0.25, -0.2) is 22.0 Å². The summed E-state index contributed by atoms with van der Waals surface area (Å²) >= 11 is 0. The first-order valence-corrected chi connectivity index (χ1v) is 5.52. The molecule has 3 nitrogen and oxygen atoms in total. The number of rotatable bonds is 3. The average molecular weight is 297 g/mol. The maximum Gasteiger partial charge on any atom is 0.257 e. The van der Waals surface area contributed by atoms with E-state index in [1.807, 2.05) is 5.32 Å². The molecule has 1 aromatic carbocycles. The van der Waals surface area contributed by atoms with Crippen LogP contribution in [0.4, 0.5) is 22.0 Å². The molecule has 0 saturated carbocycles. The third kappa shape index (κ3) is 2.74. The minimum Gasteiger partial charge on any atom is -0.391 e. The number of amides is 1. The first kappa shape index (κ1) is 16.4. The molecule has 8 heteroatoms. The number of nitrogens with one attached hydrogen (secondary N) is 1. The molecule has 1 aromatic rings. The van der Waals surface area contributed by atoms with E-state index in [4.69, 9.17) is 0 Å². The Balaban J connectivity index is 3.32. The van der Waals surface area contributed by atoms with Gasteiger partial charge in [0.15, 0.2) is 23.3 Å². The summed E-state index contributed by atoms with van der Waals surface area (Å²) < 4.78 is 65.5. The summed E-state index contributed by atoms with van der Waals surface area (Å²) in [5.41, 5.74) is -2.91. The molecule has 0 saturated heterocycles. The molecule has 1 amide bonds. The van der Waals surface area contributed by atoms with Crippen LogP contribution in [0.1, 0.15) is 31.1 Å². The van der Waals surface area contributed by atoms with Crippen molar-refractivity contribution in [1.82, 2.24) is 5.32 Å². The molecule has 2 N–H and O–H groups in total. The minimum atomic E-state index is -2.34. The smallest absolute Gasteiger partial charge is 0.257 e. The maximum absolute atomic E-state index is 13.4. The van der Waals surface area contributed by atoms with Gasteiger partial charge >= 0.3 is 0 Å². The number of hydrogen-bond acceptors (Lipinski definition) is 2. The van der Waals surface area contributed by atoms with Crippen LogP contribution in [0.2, 0.25) is 0 Å². The zero-order valence-electron chi connectivity index (χ0n) is 10.8. The average Bonchev–Trinajstić information content (AvgIpc) is 2.33. The predicted molar refractivity (Wildman–Crippen MR) is 59.5 cm³/mol. The maximum atomic E-state index is 13.4. The standard InChI is InChI=1S/C12H12F5NO2/c1-4(19)12(2,3)18-11(20)5-6(13)8(15)10(17)9(16)7(5)14/h4,19H,1-3H3,(H,18,20). The van der Waals surface area contributed by atoms with E-state index < -0.39 is 52.2 Å². The Morgan fingerprint density at radius 1 is 1.00 bits per heavy atom. The van der Waals surface area contributed by atoms with E-state index in [0.717, 1.165) is 0 Å². The van der Waals surface area contributed by atoms with E-state index in [-0.39, 0.29) is 0 Å². The van der Waals surface area contributed by atoms with Gasteiger partial charge in [0.1, 0.15) is 5.56 Å². The van der Waals surface area contributed by atoms with Crippen molar-refractivity contribution in [2.24, 2.45) is 0 Å². The fraction of sp³-hybridized carbons (Fsp3) is 0.417. The van der Waals surface area contributed by atoms with Gasteiger partial charge < -0.3 is 10.4 Å². The van der Waals surface area contributed by atoms with E-state index in [9.17, 15) is 31.9 Å². The molecular weight excluding hydrogens is 285 g/mol. The molecule has 0 bridgehead atoms. The van der Waals surface area contributed by atoms with Gasteiger partial charge in [-0.1, -0.05) is 0 Å². The van der Waals surface area contributed by atoms with Crippen LogP contribution in [0.5, 0.6) is 0 Å². The zero-order valence-corrected chi connectivity index (χ0v) is 10.8. The zero-order chi connectivity index (χ0) is 15.8. The molecule has 1 unspecified atom stereocenters. The monoisotopic (exact) mass is 297 g/mol. The third-order valence-electron chi connectivity index (χ3n) is 2.92. The van der Waals surface area contributed by atoms with E-state index in [2.05, 4.69) is 0 Å². The second kappa shape index (κ2) is 5.35. The lowest BCUT2D eigenvalue weighted by Crippen LogP contribution is -2.51. The first-order chi connectivity index (χ1) is 9.00. The Morgan fingerprint density at radius 2 is 1.35 bits per heavy atom. The van der Waals surface area contributed by atoms with Gasteiger partial charge in [0, 0.05) is 0 Å². The first-order valence-electron chi connectivity index (χ1n) is 5.52. The van der Waals surface area contributed by atoms with Crippen molar-refractivity contribution in [3.63, 3.8) is 0 Å². The predicted octanol–water partition coefficient (Wildman–Crippen LogP) is 2.27. The summed E-state index contributed by atoms with van der Waals surface area (Å²) in [7, 11) is 0. The molecule has 1 atom stereocenters. The lowest BCUT2D eigenvalue weighted by Gasteiger charge is -2.29. The Bertz CT molecular complexity index is 528. The number of benzene rings is 1. The molecule has 1 rings (SSSR count).